The Hall–Kier alpha value is -4.23. The molecule has 0 fully saturated rings. The molecule has 2 heterocycles. The van der Waals surface area contributed by atoms with Crippen LogP contribution in [0.5, 0.6) is 0 Å². The standard InChI is InChI=1S/C27H21N5OS/c33-25(29-23-16-8-7-15-22(23)20-11-3-1-4-12-20)19-34-27-31-30-26(24-17-9-10-18-28-24)32(27)21-13-5-2-6-14-21/h1-18H,19H2,(H,29,33). The number of para-hydroxylation sites is 2. The van der Waals surface area contributed by atoms with Crippen molar-refractivity contribution in [1.82, 2.24) is 19.7 Å². The highest BCUT2D eigenvalue weighted by molar-refractivity contribution is 7.99. The molecule has 166 valence electrons. The van der Waals surface area contributed by atoms with Crippen LogP contribution in [0.1, 0.15) is 0 Å². The van der Waals surface area contributed by atoms with Crippen molar-refractivity contribution in [3.05, 3.63) is 109 Å². The molecule has 0 radical (unpaired) electrons. The largest absolute Gasteiger partial charge is 0.325 e. The van der Waals surface area contributed by atoms with Crippen LogP contribution >= 0.6 is 11.8 Å². The van der Waals surface area contributed by atoms with E-state index < -0.39 is 0 Å². The number of anilines is 1. The molecule has 0 saturated heterocycles. The van der Waals surface area contributed by atoms with Gasteiger partial charge < -0.3 is 5.32 Å². The Kier molecular flexibility index (Phi) is 6.45. The average molecular weight is 464 g/mol. The van der Waals surface area contributed by atoms with Crippen LogP contribution in [0.2, 0.25) is 0 Å². The van der Waals surface area contributed by atoms with Gasteiger partial charge in [0.05, 0.1) is 5.75 Å². The van der Waals surface area contributed by atoms with E-state index in [9.17, 15) is 4.79 Å². The summed E-state index contributed by atoms with van der Waals surface area (Å²) in [6, 6.07) is 33.3. The minimum Gasteiger partial charge on any atom is -0.325 e. The molecule has 1 N–H and O–H groups in total. The third-order valence-electron chi connectivity index (χ3n) is 5.16. The Bertz CT molecular complexity index is 1390. The average Bonchev–Trinajstić information content (AvgIpc) is 3.33. The molecule has 6 nitrogen and oxygen atoms in total. The molecule has 34 heavy (non-hydrogen) atoms. The molecule has 0 spiro atoms. The number of nitrogens with zero attached hydrogens (tertiary/aromatic N) is 4. The Morgan fingerprint density at radius 3 is 2.26 bits per heavy atom. The van der Waals surface area contributed by atoms with Crippen molar-refractivity contribution >= 4 is 23.4 Å². The number of pyridine rings is 1. The Balaban J connectivity index is 1.37. The minimum absolute atomic E-state index is 0.115. The fourth-order valence-electron chi connectivity index (χ4n) is 3.61. The second-order valence-electron chi connectivity index (χ2n) is 7.44. The summed E-state index contributed by atoms with van der Waals surface area (Å²) in [5, 5.41) is 12.4. The van der Waals surface area contributed by atoms with Crippen LogP contribution in [0.4, 0.5) is 5.69 Å². The lowest BCUT2D eigenvalue weighted by Gasteiger charge is -2.12. The first-order chi connectivity index (χ1) is 16.8. The zero-order valence-electron chi connectivity index (χ0n) is 18.2. The summed E-state index contributed by atoms with van der Waals surface area (Å²) in [6.07, 6.45) is 1.73. The molecule has 0 atom stereocenters. The van der Waals surface area contributed by atoms with Crippen LogP contribution < -0.4 is 5.32 Å². The number of hydrogen-bond acceptors (Lipinski definition) is 5. The van der Waals surface area contributed by atoms with E-state index in [-0.39, 0.29) is 11.7 Å². The zero-order valence-corrected chi connectivity index (χ0v) is 19.0. The number of carbonyl (C=O) groups is 1. The van der Waals surface area contributed by atoms with Crippen LogP contribution in [0.3, 0.4) is 0 Å². The van der Waals surface area contributed by atoms with Crippen molar-refractivity contribution in [2.24, 2.45) is 0 Å². The third-order valence-corrected chi connectivity index (χ3v) is 6.09. The summed E-state index contributed by atoms with van der Waals surface area (Å²) < 4.78 is 1.93. The second kappa shape index (κ2) is 10.1. The molecule has 0 bridgehead atoms. The summed E-state index contributed by atoms with van der Waals surface area (Å²) in [5.41, 5.74) is 4.43. The SMILES string of the molecule is O=C(CSc1nnc(-c2ccccn2)n1-c1ccccc1)Nc1ccccc1-c1ccccc1. The van der Waals surface area contributed by atoms with Crippen molar-refractivity contribution in [2.45, 2.75) is 5.16 Å². The van der Waals surface area contributed by atoms with Crippen LogP contribution in [0.25, 0.3) is 28.3 Å². The Labute approximate surface area is 201 Å². The predicted molar refractivity (Wildman–Crippen MR) is 136 cm³/mol. The zero-order chi connectivity index (χ0) is 23.2. The second-order valence-corrected chi connectivity index (χ2v) is 8.38. The predicted octanol–water partition coefficient (Wildman–Crippen LogP) is 5.73. The van der Waals surface area contributed by atoms with E-state index in [4.69, 9.17) is 0 Å². The van der Waals surface area contributed by atoms with Gasteiger partial charge in [0.2, 0.25) is 5.91 Å². The van der Waals surface area contributed by atoms with Crippen LogP contribution in [0.15, 0.2) is 114 Å². The minimum atomic E-state index is -0.115. The number of hydrogen-bond donors (Lipinski definition) is 1. The van der Waals surface area contributed by atoms with Gasteiger partial charge in [0, 0.05) is 23.1 Å². The number of benzene rings is 3. The van der Waals surface area contributed by atoms with Gasteiger partial charge >= 0.3 is 0 Å². The van der Waals surface area contributed by atoms with E-state index >= 15 is 0 Å². The number of rotatable bonds is 7. The highest BCUT2D eigenvalue weighted by Crippen LogP contribution is 2.29. The molecule has 5 rings (SSSR count). The summed E-state index contributed by atoms with van der Waals surface area (Å²) in [5.74, 6) is 0.704. The van der Waals surface area contributed by atoms with Crippen LogP contribution in [-0.4, -0.2) is 31.4 Å². The number of aromatic nitrogens is 4. The molecule has 5 aromatic rings. The first-order valence-electron chi connectivity index (χ1n) is 10.8. The number of thioether (sulfide) groups is 1. The lowest BCUT2D eigenvalue weighted by molar-refractivity contribution is -0.113. The van der Waals surface area contributed by atoms with Gasteiger partial charge in [-0.25, -0.2) is 0 Å². The van der Waals surface area contributed by atoms with Crippen LogP contribution in [-0.2, 0) is 4.79 Å². The summed E-state index contributed by atoms with van der Waals surface area (Å²) in [6.45, 7) is 0. The molecule has 1 amide bonds. The molecule has 0 unspecified atom stereocenters. The van der Waals surface area contributed by atoms with Gasteiger partial charge in [-0.15, -0.1) is 10.2 Å². The Morgan fingerprint density at radius 1 is 0.794 bits per heavy atom. The van der Waals surface area contributed by atoms with Crippen molar-refractivity contribution in [3.8, 4) is 28.3 Å². The van der Waals surface area contributed by atoms with E-state index in [0.29, 0.717) is 16.7 Å². The van der Waals surface area contributed by atoms with E-state index in [1.165, 1.54) is 11.8 Å². The van der Waals surface area contributed by atoms with Gasteiger partial charge in [0.25, 0.3) is 0 Å². The monoisotopic (exact) mass is 463 g/mol. The van der Waals surface area contributed by atoms with E-state index in [0.717, 1.165) is 22.5 Å². The van der Waals surface area contributed by atoms with Crippen molar-refractivity contribution in [1.29, 1.82) is 0 Å². The van der Waals surface area contributed by atoms with Crippen molar-refractivity contribution < 1.29 is 4.79 Å². The maximum absolute atomic E-state index is 12.9. The lowest BCUT2D eigenvalue weighted by Crippen LogP contribution is -2.15. The van der Waals surface area contributed by atoms with E-state index in [1.807, 2.05) is 108 Å². The molecular formula is C27H21N5OS. The fraction of sp³-hybridized carbons (Fsp3) is 0.0370. The highest BCUT2D eigenvalue weighted by Gasteiger charge is 2.18. The smallest absolute Gasteiger partial charge is 0.234 e. The quantitative estimate of drug-likeness (QED) is 0.312. The highest BCUT2D eigenvalue weighted by atomic mass is 32.2. The van der Waals surface area contributed by atoms with E-state index in [2.05, 4.69) is 20.5 Å². The van der Waals surface area contributed by atoms with Crippen molar-refractivity contribution in [2.75, 3.05) is 11.1 Å². The molecule has 0 saturated carbocycles. The maximum atomic E-state index is 12.9. The topological polar surface area (TPSA) is 72.7 Å². The summed E-state index contributed by atoms with van der Waals surface area (Å²) in [4.78, 5) is 17.3. The summed E-state index contributed by atoms with van der Waals surface area (Å²) in [7, 11) is 0. The van der Waals surface area contributed by atoms with Gasteiger partial charge in [-0.3, -0.25) is 14.3 Å². The van der Waals surface area contributed by atoms with Gasteiger partial charge in [0.15, 0.2) is 11.0 Å². The van der Waals surface area contributed by atoms with Gasteiger partial charge in [-0.1, -0.05) is 84.6 Å². The lowest BCUT2D eigenvalue weighted by atomic mass is 10.0. The van der Waals surface area contributed by atoms with Gasteiger partial charge in [-0.2, -0.15) is 0 Å². The molecule has 3 aromatic carbocycles. The molecule has 0 aliphatic heterocycles. The van der Waals surface area contributed by atoms with Crippen LogP contribution in [0, 0.1) is 0 Å². The Morgan fingerprint density at radius 2 is 1.50 bits per heavy atom. The van der Waals surface area contributed by atoms with Gasteiger partial charge in [-0.05, 0) is 35.9 Å². The molecule has 0 aliphatic carbocycles. The normalized spacial score (nSPS) is 10.7. The number of amides is 1. The first kappa shape index (κ1) is 21.6. The maximum Gasteiger partial charge on any atom is 0.234 e. The molecule has 2 aromatic heterocycles. The summed E-state index contributed by atoms with van der Waals surface area (Å²) >= 11 is 1.34. The molecule has 7 heteroatoms. The third kappa shape index (κ3) is 4.74. The number of nitrogens with one attached hydrogen (secondary N) is 1. The number of carbonyl (C=O) groups excluding carboxylic acids is 1. The molecular weight excluding hydrogens is 442 g/mol. The fourth-order valence-corrected chi connectivity index (χ4v) is 4.36. The molecule has 0 aliphatic rings. The van der Waals surface area contributed by atoms with Gasteiger partial charge in [0.1, 0.15) is 5.69 Å². The van der Waals surface area contributed by atoms with Crippen molar-refractivity contribution in [3.63, 3.8) is 0 Å². The first-order valence-corrected chi connectivity index (χ1v) is 11.8. The van der Waals surface area contributed by atoms with E-state index in [1.54, 1.807) is 6.20 Å².